The van der Waals surface area contributed by atoms with Crippen molar-refractivity contribution in [3.63, 3.8) is 0 Å². The smallest absolute Gasteiger partial charge is 0.176 e. The summed E-state index contributed by atoms with van der Waals surface area (Å²) in [5, 5.41) is 0. The van der Waals surface area contributed by atoms with E-state index in [2.05, 4.69) is 15.0 Å². The van der Waals surface area contributed by atoms with E-state index in [0.717, 1.165) is 0 Å². The third-order valence-electron chi connectivity index (χ3n) is 0.285. The number of quaternary nitrogens is 1. The van der Waals surface area contributed by atoms with Gasteiger partial charge >= 0.3 is 8.60 Å². The quantitative estimate of drug-likeness (QED) is 0.375. The molecular formula is CH7NO3P+2. The van der Waals surface area contributed by atoms with Gasteiger partial charge in [-0.1, -0.05) is 0 Å². The van der Waals surface area contributed by atoms with Crippen LogP contribution in [0.5, 0.6) is 0 Å². The molecule has 3 N–H and O–H groups in total. The van der Waals surface area contributed by atoms with Crippen LogP contribution < -0.4 is 5.90 Å². The van der Waals surface area contributed by atoms with Gasteiger partial charge in [-0.15, -0.1) is 0 Å². The fourth-order valence-corrected chi connectivity index (χ4v) is 0.177. The zero-order valence-corrected chi connectivity index (χ0v) is 4.43. The molecule has 0 spiro atoms. The highest BCUT2D eigenvalue weighted by Gasteiger charge is 2.13. The van der Waals surface area contributed by atoms with Crippen molar-refractivity contribution in [2.75, 3.05) is 7.11 Å². The molecule has 0 bridgehead atoms. The van der Waals surface area contributed by atoms with Gasteiger partial charge in [0.1, 0.15) is 0 Å². The highest BCUT2D eigenvalue weighted by Crippen LogP contribution is 2.27. The molecule has 0 heterocycles. The summed E-state index contributed by atoms with van der Waals surface area (Å²) in [6.45, 7) is 0. The second-order valence-electron chi connectivity index (χ2n) is 0.598. The molecule has 0 aliphatic heterocycles. The van der Waals surface area contributed by atoms with E-state index in [1.165, 1.54) is 7.11 Å². The SMILES string of the molecule is CO[PH+]([O])O[NH3+]. The molecule has 0 saturated carbocycles. The van der Waals surface area contributed by atoms with Crippen LogP contribution in [-0.2, 0) is 14.0 Å². The third kappa shape index (κ3) is 2.50. The van der Waals surface area contributed by atoms with Crippen LogP contribution in [0.15, 0.2) is 0 Å². The normalized spacial score (nSPS) is 14.5. The minimum Gasteiger partial charge on any atom is -0.176 e. The van der Waals surface area contributed by atoms with E-state index in [-0.39, 0.29) is 0 Å². The van der Waals surface area contributed by atoms with Crippen LogP contribution in [0.3, 0.4) is 0 Å². The molecule has 0 aliphatic rings. The van der Waals surface area contributed by atoms with Crippen LogP contribution in [0.25, 0.3) is 0 Å². The predicted octanol–water partition coefficient (Wildman–Crippen LogP) is -0.804. The van der Waals surface area contributed by atoms with E-state index in [9.17, 15) is 4.89 Å². The Morgan fingerprint density at radius 1 is 1.83 bits per heavy atom. The van der Waals surface area contributed by atoms with Gasteiger partial charge in [-0.05, 0) is 0 Å². The second kappa shape index (κ2) is 3.46. The Balaban J connectivity index is 2.75. The van der Waals surface area contributed by atoms with Crippen molar-refractivity contribution in [2.45, 2.75) is 0 Å². The van der Waals surface area contributed by atoms with E-state index >= 15 is 0 Å². The lowest BCUT2D eigenvalue weighted by Crippen LogP contribution is -2.46. The van der Waals surface area contributed by atoms with Gasteiger partial charge in [0.15, 0.2) is 0 Å². The first-order chi connectivity index (χ1) is 2.81. The molecule has 1 atom stereocenters. The van der Waals surface area contributed by atoms with Gasteiger partial charge in [0.2, 0.25) is 0 Å². The summed E-state index contributed by atoms with van der Waals surface area (Å²) in [7, 11) is -0.931. The van der Waals surface area contributed by atoms with Gasteiger partial charge < -0.3 is 0 Å². The summed E-state index contributed by atoms with van der Waals surface area (Å²) >= 11 is 0. The van der Waals surface area contributed by atoms with Crippen molar-refractivity contribution in [3.05, 3.63) is 0 Å². The Morgan fingerprint density at radius 2 is 2.33 bits per heavy atom. The molecule has 0 aromatic rings. The van der Waals surface area contributed by atoms with E-state index in [4.69, 9.17) is 0 Å². The van der Waals surface area contributed by atoms with E-state index in [1.807, 2.05) is 0 Å². The lowest BCUT2D eigenvalue weighted by Gasteiger charge is -1.80. The lowest BCUT2D eigenvalue weighted by atomic mass is 11.8. The molecule has 0 fully saturated rings. The van der Waals surface area contributed by atoms with Crippen LogP contribution in [-0.4, -0.2) is 7.11 Å². The van der Waals surface area contributed by atoms with Crippen molar-refractivity contribution < 1.29 is 19.9 Å². The van der Waals surface area contributed by atoms with Crippen LogP contribution in [0.4, 0.5) is 0 Å². The summed E-state index contributed by atoms with van der Waals surface area (Å²) in [6.07, 6.45) is 0. The van der Waals surface area contributed by atoms with E-state index in [0.29, 0.717) is 0 Å². The van der Waals surface area contributed by atoms with Gasteiger partial charge in [-0.25, -0.2) is 0 Å². The summed E-state index contributed by atoms with van der Waals surface area (Å²) < 4.78 is 8.13. The molecule has 5 heteroatoms. The van der Waals surface area contributed by atoms with Crippen molar-refractivity contribution >= 4 is 8.60 Å². The van der Waals surface area contributed by atoms with Gasteiger partial charge in [-0.3, -0.25) is 0 Å². The molecule has 0 saturated heterocycles. The molecule has 0 aromatic carbocycles. The first-order valence-electron chi connectivity index (χ1n) is 1.31. The van der Waals surface area contributed by atoms with Crippen molar-refractivity contribution in [1.29, 1.82) is 0 Å². The van der Waals surface area contributed by atoms with E-state index in [1.54, 1.807) is 0 Å². The molecular weight excluding hydrogens is 105 g/mol. The van der Waals surface area contributed by atoms with Crippen LogP contribution >= 0.6 is 8.60 Å². The molecule has 0 rings (SSSR count). The number of hydrogen-bond acceptors (Lipinski definition) is 2. The lowest BCUT2D eigenvalue weighted by molar-refractivity contribution is -0.640. The van der Waals surface area contributed by atoms with Gasteiger partial charge in [0.25, 0.3) is 0 Å². The molecule has 4 nitrogen and oxygen atoms in total. The fraction of sp³-hybridized carbons (Fsp3) is 1.00. The summed E-state index contributed by atoms with van der Waals surface area (Å²) in [5.41, 5.74) is 0. The maximum absolute atomic E-state index is 9.86. The molecule has 0 aliphatic carbocycles. The minimum absolute atomic E-state index is 1.30. The Bertz CT molecular complexity index is 30.0. The average Bonchev–Trinajstić information content (AvgIpc) is 1.65. The molecule has 1 unspecified atom stereocenters. The fourth-order valence-electron chi connectivity index (χ4n) is 0.0589. The van der Waals surface area contributed by atoms with Crippen molar-refractivity contribution in [2.24, 2.45) is 0 Å². The molecule has 0 aromatic heterocycles. The molecule has 6 heavy (non-hydrogen) atoms. The molecule has 0 amide bonds. The van der Waals surface area contributed by atoms with E-state index < -0.39 is 8.60 Å². The highest BCUT2D eigenvalue weighted by atomic mass is 31.2. The van der Waals surface area contributed by atoms with Crippen molar-refractivity contribution in [1.82, 2.24) is 0 Å². The topological polar surface area (TPSA) is 66.0 Å². The predicted molar refractivity (Wildman–Crippen MR) is 20.0 cm³/mol. The first-order valence-corrected chi connectivity index (χ1v) is 2.53. The Morgan fingerprint density at radius 3 is 2.33 bits per heavy atom. The Hall–Kier alpha value is 0.270. The Kier molecular flexibility index (Phi) is 3.62. The summed E-state index contributed by atoms with van der Waals surface area (Å²) in [4.78, 5) is 9.86. The largest absolute Gasteiger partial charge is 0.506 e. The van der Waals surface area contributed by atoms with Gasteiger partial charge in [0, 0.05) is 9.52 Å². The first kappa shape index (κ1) is 6.27. The highest BCUT2D eigenvalue weighted by molar-refractivity contribution is 7.40. The summed E-state index contributed by atoms with van der Waals surface area (Å²) in [6, 6.07) is 0. The van der Waals surface area contributed by atoms with Gasteiger partial charge in [-0.2, -0.15) is 10.4 Å². The monoisotopic (exact) mass is 112 g/mol. The number of rotatable bonds is 2. The number of hydrogen-bond donors (Lipinski definition) is 1. The van der Waals surface area contributed by atoms with Crippen LogP contribution in [0, 0.1) is 0 Å². The zero-order chi connectivity index (χ0) is 4.99. The molecule has 1 radical (unpaired) electrons. The minimum atomic E-state index is -2.23. The average molecular weight is 112 g/mol. The van der Waals surface area contributed by atoms with Gasteiger partial charge in [0.05, 0.1) is 7.11 Å². The summed E-state index contributed by atoms with van der Waals surface area (Å²) in [5.74, 6) is 2.86. The maximum Gasteiger partial charge on any atom is 0.506 e. The van der Waals surface area contributed by atoms with Crippen LogP contribution in [0.1, 0.15) is 0 Å². The Labute approximate surface area is 36.8 Å². The third-order valence-corrected chi connectivity index (χ3v) is 0.854. The standard InChI is InChI=1S/CH7NO3P/c1-4-6(3)5-2/h6H,1-2H3/q+2. The van der Waals surface area contributed by atoms with Crippen LogP contribution in [0.2, 0.25) is 0 Å². The molecule has 37 valence electrons. The second-order valence-corrected chi connectivity index (χ2v) is 1.80. The zero-order valence-electron chi connectivity index (χ0n) is 3.43. The van der Waals surface area contributed by atoms with Crippen molar-refractivity contribution in [3.8, 4) is 0 Å². The maximum atomic E-state index is 9.86.